The van der Waals surface area contributed by atoms with E-state index in [0.29, 0.717) is 5.88 Å². The number of hydrogen-bond acceptors (Lipinski definition) is 4. The summed E-state index contributed by atoms with van der Waals surface area (Å²) in [5, 5.41) is 0. The first-order valence-corrected chi connectivity index (χ1v) is 9.62. The summed E-state index contributed by atoms with van der Waals surface area (Å²) in [6, 6.07) is 22.5. The van der Waals surface area contributed by atoms with E-state index in [9.17, 15) is 0 Å². The Labute approximate surface area is 197 Å². The maximum Gasteiger partial charge on any atom is 0.222 e. The summed E-state index contributed by atoms with van der Waals surface area (Å²) in [4.78, 5) is 8.39. The van der Waals surface area contributed by atoms with Gasteiger partial charge in [0.15, 0.2) is 0 Å². The second-order valence-corrected chi connectivity index (χ2v) is 6.67. The van der Waals surface area contributed by atoms with Crippen molar-refractivity contribution < 1.29 is 42.2 Å². The molecular formula is C24H22N2O2Y-2. The van der Waals surface area contributed by atoms with Crippen LogP contribution in [0.2, 0.25) is 0 Å². The standard InChI is InChI=1S/C16H16NO2.C8H6N.Y/c1-2-7-13(8-3-1)19-16-14(9-6-11-17-16)15-10-4-5-12-18-15;1-2-4-8-7(3-1)5-6-9-8;/h2-3,6-9,11,15H,4-5,10,12H2;1-4H,5H2;/q2*-1;. The van der Waals surface area contributed by atoms with Crippen molar-refractivity contribution in [3.8, 4) is 11.6 Å². The summed E-state index contributed by atoms with van der Waals surface area (Å²) < 4.78 is 11.7. The van der Waals surface area contributed by atoms with Gasteiger partial charge in [0.25, 0.3) is 0 Å². The summed E-state index contributed by atoms with van der Waals surface area (Å²) >= 11 is 0. The van der Waals surface area contributed by atoms with Crippen LogP contribution in [0.3, 0.4) is 0 Å². The Balaban J connectivity index is 0.000000201. The maximum absolute atomic E-state index is 5.85. The zero-order chi connectivity index (χ0) is 19.0. The molecule has 1 atom stereocenters. The molecule has 145 valence electrons. The van der Waals surface area contributed by atoms with Crippen molar-refractivity contribution >= 4 is 11.9 Å². The van der Waals surface area contributed by atoms with Crippen molar-refractivity contribution in [3.63, 3.8) is 0 Å². The first-order chi connectivity index (χ1) is 13.9. The SMILES string of the molecule is [C-]1=Nc2ccccc2C1.[Y].[c-]1ccc(Oc2ncccc2C2CCCCO2)cc1. The Kier molecular flexibility index (Phi) is 8.54. The van der Waals surface area contributed by atoms with Gasteiger partial charge in [0.2, 0.25) is 5.88 Å². The number of aliphatic imine (C=N–C) groups is 1. The van der Waals surface area contributed by atoms with Gasteiger partial charge in [0, 0.05) is 56.8 Å². The summed E-state index contributed by atoms with van der Waals surface area (Å²) in [6.07, 6.45) is 9.02. The van der Waals surface area contributed by atoms with Crippen LogP contribution in [0.5, 0.6) is 11.6 Å². The molecule has 0 bridgehead atoms. The van der Waals surface area contributed by atoms with Crippen LogP contribution in [0.1, 0.15) is 36.5 Å². The molecule has 0 spiro atoms. The van der Waals surface area contributed by atoms with Gasteiger partial charge in [0.05, 0.1) is 6.10 Å². The molecule has 4 nitrogen and oxygen atoms in total. The zero-order valence-electron chi connectivity index (χ0n) is 16.3. The van der Waals surface area contributed by atoms with Crippen LogP contribution in [-0.4, -0.2) is 17.8 Å². The number of rotatable bonds is 3. The number of nitrogens with zero attached hydrogens (tertiary/aromatic N) is 2. The van der Waals surface area contributed by atoms with E-state index in [1.54, 1.807) is 6.20 Å². The van der Waals surface area contributed by atoms with Crippen LogP contribution >= 0.6 is 0 Å². The van der Waals surface area contributed by atoms with Crippen LogP contribution in [0.15, 0.2) is 71.9 Å². The molecule has 0 saturated carbocycles. The van der Waals surface area contributed by atoms with Gasteiger partial charge in [-0.25, -0.2) is 4.98 Å². The normalized spacial score (nSPS) is 16.8. The quantitative estimate of drug-likeness (QED) is 0.470. The van der Waals surface area contributed by atoms with E-state index >= 15 is 0 Å². The molecule has 5 rings (SSSR count). The van der Waals surface area contributed by atoms with Gasteiger partial charge in [-0.2, -0.15) is 24.4 Å². The Morgan fingerprint density at radius 2 is 1.86 bits per heavy atom. The molecule has 3 aromatic rings. The molecule has 0 amide bonds. The topological polar surface area (TPSA) is 43.7 Å². The van der Waals surface area contributed by atoms with Crippen LogP contribution in [0.4, 0.5) is 5.69 Å². The van der Waals surface area contributed by atoms with E-state index in [0.717, 1.165) is 42.9 Å². The second kappa shape index (κ2) is 11.3. The predicted molar refractivity (Wildman–Crippen MR) is 109 cm³/mol. The van der Waals surface area contributed by atoms with Crippen LogP contribution in [0.25, 0.3) is 0 Å². The van der Waals surface area contributed by atoms with Crippen LogP contribution < -0.4 is 4.74 Å². The smallest absolute Gasteiger partial charge is 0.222 e. The average molecular weight is 459 g/mol. The van der Waals surface area contributed by atoms with E-state index in [2.05, 4.69) is 28.3 Å². The molecule has 5 heteroatoms. The predicted octanol–water partition coefficient (Wildman–Crippen LogP) is 5.74. The van der Waals surface area contributed by atoms with Crippen molar-refractivity contribution in [3.05, 3.63) is 84.1 Å². The van der Waals surface area contributed by atoms with Crippen molar-refractivity contribution in [1.29, 1.82) is 0 Å². The first-order valence-electron chi connectivity index (χ1n) is 9.62. The fraction of sp³-hybridized carbons (Fsp3) is 0.250. The fourth-order valence-corrected chi connectivity index (χ4v) is 3.25. The van der Waals surface area contributed by atoms with Gasteiger partial charge in [-0.15, -0.1) is 23.8 Å². The molecule has 2 aliphatic rings. The number of hydrogen-bond donors (Lipinski definition) is 0. The first kappa shape index (κ1) is 21.8. The number of benzene rings is 2. The zero-order valence-corrected chi connectivity index (χ0v) is 19.1. The second-order valence-electron chi connectivity index (χ2n) is 6.67. The van der Waals surface area contributed by atoms with Gasteiger partial charge in [-0.3, -0.25) is 0 Å². The molecule has 3 heterocycles. The summed E-state index contributed by atoms with van der Waals surface area (Å²) in [5.74, 6) is 1.41. The third-order valence-electron chi connectivity index (χ3n) is 4.69. The number of pyridine rings is 1. The van der Waals surface area contributed by atoms with Crippen LogP contribution in [-0.2, 0) is 43.9 Å². The van der Waals surface area contributed by atoms with Crippen molar-refractivity contribution in [1.82, 2.24) is 4.98 Å². The molecule has 1 radical (unpaired) electrons. The third-order valence-corrected chi connectivity index (χ3v) is 4.69. The Morgan fingerprint density at radius 3 is 2.66 bits per heavy atom. The minimum absolute atomic E-state index is 0. The molecule has 0 N–H and O–H groups in total. The van der Waals surface area contributed by atoms with E-state index in [1.807, 2.05) is 54.6 Å². The molecule has 0 aliphatic carbocycles. The average Bonchev–Trinajstić information content (AvgIpc) is 3.25. The summed E-state index contributed by atoms with van der Waals surface area (Å²) in [6.45, 7) is 0.819. The molecule has 2 aliphatic heterocycles. The van der Waals surface area contributed by atoms with Crippen LogP contribution in [0, 0.1) is 6.07 Å². The Hall–Kier alpha value is -1.88. The number of para-hydroxylation sites is 1. The van der Waals surface area contributed by atoms with Gasteiger partial charge < -0.3 is 14.5 Å². The monoisotopic (exact) mass is 459 g/mol. The van der Waals surface area contributed by atoms with E-state index in [1.165, 1.54) is 12.0 Å². The van der Waals surface area contributed by atoms with Gasteiger partial charge in [-0.05, 0) is 31.4 Å². The van der Waals surface area contributed by atoms with Crippen molar-refractivity contribution in [2.24, 2.45) is 4.99 Å². The van der Waals surface area contributed by atoms with E-state index in [-0.39, 0.29) is 38.8 Å². The van der Waals surface area contributed by atoms with Crippen molar-refractivity contribution in [2.45, 2.75) is 31.8 Å². The van der Waals surface area contributed by atoms with E-state index in [4.69, 9.17) is 9.47 Å². The minimum atomic E-state index is 0. The van der Waals surface area contributed by atoms with Gasteiger partial charge in [-0.1, -0.05) is 30.3 Å². The molecular weight excluding hydrogens is 437 g/mol. The maximum atomic E-state index is 5.85. The summed E-state index contributed by atoms with van der Waals surface area (Å²) in [5.41, 5.74) is 3.41. The molecule has 2 aromatic carbocycles. The molecule has 1 aromatic heterocycles. The number of fused-ring (bicyclic) bond motifs is 1. The molecule has 1 saturated heterocycles. The number of aromatic nitrogens is 1. The largest absolute Gasteiger partial charge is 0.465 e. The molecule has 1 unspecified atom stereocenters. The van der Waals surface area contributed by atoms with Crippen molar-refractivity contribution in [2.75, 3.05) is 6.61 Å². The Morgan fingerprint density at radius 1 is 1.00 bits per heavy atom. The number of ether oxygens (including phenoxy) is 2. The van der Waals surface area contributed by atoms with Gasteiger partial charge in [0.1, 0.15) is 0 Å². The fourth-order valence-electron chi connectivity index (χ4n) is 3.25. The minimum Gasteiger partial charge on any atom is -0.465 e. The Bertz CT molecular complexity index is 925. The van der Waals surface area contributed by atoms with Gasteiger partial charge >= 0.3 is 0 Å². The molecule has 29 heavy (non-hydrogen) atoms. The summed E-state index contributed by atoms with van der Waals surface area (Å²) in [7, 11) is 0. The third kappa shape index (κ3) is 6.05. The van der Waals surface area contributed by atoms with E-state index < -0.39 is 0 Å². The molecule has 1 fully saturated rings.